The summed E-state index contributed by atoms with van der Waals surface area (Å²) in [6, 6.07) is 11.8. The number of aryl methyl sites for hydroxylation is 1. The fourth-order valence-corrected chi connectivity index (χ4v) is 4.37. The van der Waals surface area contributed by atoms with Crippen molar-refractivity contribution in [1.29, 1.82) is 0 Å². The Morgan fingerprint density at radius 2 is 1.90 bits per heavy atom. The van der Waals surface area contributed by atoms with Gasteiger partial charge < -0.3 is 4.57 Å². The van der Waals surface area contributed by atoms with E-state index in [2.05, 4.69) is 4.98 Å². The van der Waals surface area contributed by atoms with E-state index < -0.39 is 14.8 Å². The Hall–Kier alpha value is -2.48. The molecule has 8 heteroatoms. The number of benzene rings is 1. The topological polar surface area (TPSA) is 95.0 Å². The van der Waals surface area contributed by atoms with E-state index in [-0.39, 0.29) is 12.2 Å². The number of halogens is 1. The lowest BCUT2D eigenvalue weighted by atomic mass is 9.96. The molecule has 0 fully saturated rings. The number of aromatic nitrogens is 2. The highest BCUT2D eigenvalue weighted by molar-refractivity contribution is 7.90. The number of hydrogen-bond donors (Lipinski definition) is 1. The number of pyridine rings is 1. The van der Waals surface area contributed by atoms with Crippen LogP contribution in [0.25, 0.3) is 0 Å². The van der Waals surface area contributed by atoms with Gasteiger partial charge in [-0.05, 0) is 61.4 Å². The lowest BCUT2D eigenvalue weighted by Crippen LogP contribution is -2.40. The minimum absolute atomic E-state index is 0.1000. The maximum atomic E-state index is 13.0. The van der Waals surface area contributed by atoms with Crippen LogP contribution in [0.3, 0.4) is 0 Å². The molecule has 0 amide bonds. The van der Waals surface area contributed by atoms with Gasteiger partial charge in [-0.2, -0.15) is 0 Å². The molecule has 0 aliphatic carbocycles. The van der Waals surface area contributed by atoms with Gasteiger partial charge in [0.1, 0.15) is 4.75 Å². The van der Waals surface area contributed by atoms with Gasteiger partial charge >= 0.3 is 0 Å². The second kappa shape index (κ2) is 7.74. The summed E-state index contributed by atoms with van der Waals surface area (Å²) < 4.78 is 25.4. The van der Waals surface area contributed by atoms with Gasteiger partial charge in [0.2, 0.25) is 15.8 Å². The number of hydrogen-bond acceptors (Lipinski definition) is 4. The summed E-state index contributed by atoms with van der Waals surface area (Å²) >= 11 is 5.91. The first kappa shape index (κ1) is 21.2. The van der Waals surface area contributed by atoms with E-state index in [0.29, 0.717) is 27.5 Å². The van der Waals surface area contributed by atoms with E-state index >= 15 is 0 Å². The molecule has 0 radical (unpaired) electrons. The Balaban J connectivity index is 2.05. The van der Waals surface area contributed by atoms with Crippen molar-refractivity contribution >= 4 is 27.4 Å². The fourth-order valence-electron chi connectivity index (χ4n) is 3.45. The van der Waals surface area contributed by atoms with E-state index in [0.717, 1.165) is 5.56 Å². The van der Waals surface area contributed by atoms with Crippen LogP contribution in [0.2, 0.25) is 5.02 Å². The van der Waals surface area contributed by atoms with Gasteiger partial charge in [0.15, 0.2) is 0 Å². The van der Waals surface area contributed by atoms with Crippen molar-refractivity contribution in [1.82, 2.24) is 9.55 Å². The molecule has 1 atom stereocenters. The smallest absolute Gasteiger partial charge is 0.219 e. The van der Waals surface area contributed by atoms with Gasteiger partial charge in [0.25, 0.3) is 0 Å². The van der Waals surface area contributed by atoms with Crippen molar-refractivity contribution in [3.8, 4) is 0 Å². The summed E-state index contributed by atoms with van der Waals surface area (Å²) in [6.45, 7) is 3.40. The molecule has 1 unspecified atom stereocenters. The van der Waals surface area contributed by atoms with Crippen LogP contribution >= 0.6 is 11.6 Å². The molecule has 3 rings (SSSR count). The second-order valence-electron chi connectivity index (χ2n) is 7.26. The molecule has 6 nitrogen and oxygen atoms in total. The first-order valence-electron chi connectivity index (χ1n) is 8.93. The van der Waals surface area contributed by atoms with Gasteiger partial charge in [-0.3, -0.25) is 9.78 Å². The molecule has 0 saturated heterocycles. The summed E-state index contributed by atoms with van der Waals surface area (Å²) in [7, 11) is -2.22. The lowest BCUT2D eigenvalue weighted by molar-refractivity contribution is 0.103. The van der Waals surface area contributed by atoms with Crippen LogP contribution in [0.15, 0.2) is 54.9 Å². The lowest BCUT2D eigenvalue weighted by Gasteiger charge is -2.27. The van der Waals surface area contributed by atoms with Crippen molar-refractivity contribution in [2.24, 2.45) is 12.2 Å². The number of nitrogens with zero attached hydrogens (tertiary/aromatic N) is 2. The van der Waals surface area contributed by atoms with Crippen LogP contribution in [0, 0.1) is 6.92 Å². The van der Waals surface area contributed by atoms with E-state index in [9.17, 15) is 13.2 Å². The Labute approximate surface area is 175 Å². The Morgan fingerprint density at radius 3 is 2.45 bits per heavy atom. The number of sulfonamides is 1. The van der Waals surface area contributed by atoms with Crippen LogP contribution in [-0.4, -0.2) is 23.8 Å². The molecule has 2 heterocycles. The molecular weight excluding hydrogens is 410 g/mol. The first-order chi connectivity index (χ1) is 13.5. The highest BCUT2D eigenvalue weighted by Crippen LogP contribution is 2.33. The van der Waals surface area contributed by atoms with Gasteiger partial charge in [-0.15, -0.1) is 0 Å². The SMILES string of the molecule is Cc1cc(CC(C)(c2cccnc2)S(N)(=O)=O)n(C)c1C(=O)c1ccc(Cl)cc1. The predicted octanol–water partition coefficient (Wildman–Crippen LogP) is 3.36. The van der Waals surface area contributed by atoms with Crippen LogP contribution in [0.5, 0.6) is 0 Å². The third-order valence-electron chi connectivity index (χ3n) is 5.26. The zero-order chi connectivity index (χ0) is 21.4. The largest absolute Gasteiger partial charge is 0.345 e. The van der Waals surface area contributed by atoms with Crippen LogP contribution < -0.4 is 5.14 Å². The first-order valence-corrected chi connectivity index (χ1v) is 10.9. The third kappa shape index (κ3) is 3.99. The molecule has 0 bridgehead atoms. The van der Waals surface area contributed by atoms with E-state index in [4.69, 9.17) is 16.7 Å². The van der Waals surface area contributed by atoms with Crippen LogP contribution in [0.1, 0.15) is 39.8 Å². The van der Waals surface area contributed by atoms with Crippen molar-refractivity contribution in [3.05, 3.63) is 88.0 Å². The molecule has 0 saturated carbocycles. The summed E-state index contributed by atoms with van der Waals surface area (Å²) in [5.41, 5.74) is 2.93. The van der Waals surface area contributed by atoms with Crippen molar-refractivity contribution < 1.29 is 13.2 Å². The van der Waals surface area contributed by atoms with E-state index in [1.165, 1.54) is 6.20 Å². The Morgan fingerprint density at radius 1 is 1.24 bits per heavy atom. The van der Waals surface area contributed by atoms with Crippen LogP contribution in [-0.2, 0) is 28.2 Å². The van der Waals surface area contributed by atoms with Gasteiger partial charge in [0.05, 0.1) is 5.69 Å². The number of ketones is 1. The molecule has 2 aromatic heterocycles. The minimum Gasteiger partial charge on any atom is -0.345 e. The molecule has 3 aromatic rings. The average molecular weight is 432 g/mol. The van der Waals surface area contributed by atoms with E-state index in [1.807, 2.05) is 13.0 Å². The molecule has 0 aliphatic heterocycles. The summed E-state index contributed by atoms with van der Waals surface area (Å²) in [5, 5.41) is 6.16. The number of rotatable bonds is 6. The number of carbonyl (C=O) groups excluding carboxylic acids is 1. The zero-order valence-corrected chi connectivity index (χ0v) is 18.0. The predicted molar refractivity (Wildman–Crippen MR) is 113 cm³/mol. The molecule has 29 heavy (non-hydrogen) atoms. The summed E-state index contributed by atoms with van der Waals surface area (Å²) in [6.07, 6.45) is 3.17. The van der Waals surface area contributed by atoms with E-state index in [1.54, 1.807) is 61.1 Å². The van der Waals surface area contributed by atoms with Crippen molar-refractivity contribution in [2.75, 3.05) is 0 Å². The summed E-state index contributed by atoms with van der Waals surface area (Å²) in [5.74, 6) is -0.161. The number of primary sulfonamides is 1. The van der Waals surface area contributed by atoms with Gasteiger partial charge in [0, 0.05) is 42.1 Å². The maximum absolute atomic E-state index is 13.0. The highest BCUT2D eigenvalue weighted by Gasteiger charge is 2.40. The minimum atomic E-state index is -3.97. The number of carbonyl (C=O) groups is 1. The molecule has 0 aliphatic rings. The number of nitrogens with two attached hydrogens (primary N) is 1. The summed E-state index contributed by atoms with van der Waals surface area (Å²) in [4.78, 5) is 17.1. The second-order valence-corrected chi connectivity index (χ2v) is 9.68. The van der Waals surface area contributed by atoms with Gasteiger partial charge in [-0.25, -0.2) is 13.6 Å². The quantitative estimate of drug-likeness (QED) is 0.605. The Bertz CT molecular complexity index is 1160. The Kier molecular flexibility index (Phi) is 5.67. The normalized spacial score (nSPS) is 13.8. The fraction of sp³-hybridized carbons (Fsp3) is 0.238. The molecule has 152 valence electrons. The molecular formula is C21H22ClN3O3S. The molecule has 2 N–H and O–H groups in total. The monoisotopic (exact) mass is 431 g/mol. The van der Waals surface area contributed by atoms with Crippen molar-refractivity contribution in [2.45, 2.75) is 25.0 Å². The molecule has 0 spiro atoms. The standard InChI is InChI=1S/C21H22ClN3O3S/c1-14-11-18(12-21(2,29(23,27)28)16-5-4-10-24-13-16)25(3)19(14)20(26)15-6-8-17(22)9-7-15/h4-11,13H,12H2,1-3H3,(H2,23,27,28). The zero-order valence-electron chi connectivity index (χ0n) is 16.4. The molecule has 1 aromatic carbocycles. The third-order valence-corrected chi connectivity index (χ3v) is 7.15. The average Bonchev–Trinajstić information content (AvgIpc) is 2.94. The van der Waals surface area contributed by atoms with Crippen LogP contribution in [0.4, 0.5) is 0 Å². The maximum Gasteiger partial charge on any atom is 0.219 e. The van der Waals surface area contributed by atoms with Crippen molar-refractivity contribution in [3.63, 3.8) is 0 Å². The highest BCUT2D eigenvalue weighted by atomic mass is 35.5. The van der Waals surface area contributed by atoms with Gasteiger partial charge in [-0.1, -0.05) is 17.7 Å².